The van der Waals surface area contributed by atoms with Crippen molar-refractivity contribution in [3.8, 4) is 33.8 Å². The maximum Gasteiger partial charge on any atom is 1.00 e. The Morgan fingerprint density at radius 2 is 1.07 bits per heavy atom. The van der Waals surface area contributed by atoms with E-state index in [1.807, 2.05) is 112 Å². The number of aryl methyl sites for hydroxylation is 2. The van der Waals surface area contributed by atoms with Gasteiger partial charge in [0, 0.05) is 64.2 Å². The Morgan fingerprint density at radius 1 is 0.646 bits per heavy atom. The fourth-order valence-electron chi connectivity index (χ4n) is 12.0. The Hall–Kier alpha value is -6.81. The molecule has 2 saturated carbocycles. The number of ether oxygens (including phenoxy) is 3. The molecule has 5 aromatic carbocycles. The third-order valence-corrected chi connectivity index (χ3v) is 16.0. The van der Waals surface area contributed by atoms with E-state index in [0.29, 0.717) is 65.7 Å². The van der Waals surface area contributed by atoms with Crippen molar-refractivity contribution in [2.75, 3.05) is 16.4 Å². The summed E-state index contributed by atoms with van der Waals surface area (Å²) in [7, 11) is 0. The molecule has 2 unspecified atom stereocenters. The van der Waals surface area contributed by atoms with Crippen molar-refractivity contribution in [1.29, 1.82) is 0 Å². The molecule has 432 valence electrons. The van der Waals surface area contributed by atoms with E-state index in [9.17, 15) is 55.4 Å². The number of carbonyl (C=O) groups is 5. The van der Waals surface area contributed by atoms with Crippen LogP contribution >= 0.6 is 0 Å². The molecule has 0 radical (unpaired) electrons. The molecule has 5 aromatic rings. The van der Waals surface area contributed by atoms with Gasteiger partial charge in [-0.2, -0.15) is 0 Å². The average molecular weight is 1130 g/mol. The number of aliphatic carboxylic acids is 1. The van der Waals surface area contributed by atoms with Crippen LogP contribution in [0.25, 0.3) is 22.3 Å². The summed E-state index contributed by atoms with van der Waals surface area (Å²) in [6, 6.07) is 25.1. The number of cyclic esters (lactones) is 1. The van der Waals surface area contributed by atoms with E-state index in [4.69, 9.17) is 4.74 Å². The van der Waals surface area contributed by atoms with Crippen LogP contribution in [0.5, 0.6) is 11.5 Å². The fraction of sp³-hybridized carbons (Fsp3) is 0.435. The summed E-state index contributed by atoms with van der Waals surface area (Å²) in [6.07, 6.45) is -8.47. The largest absolute Gasteiger partial charge is 1.00 e. The molecule has 13 nitrogen and oxygen atoms in total. The molecule has 10 rings (SSSR count). The van der Waals surface area contributed by atoms with E-state index in [2.05, 4.69) is 9.47 Å². The van der Waals surface area contributed by atoms with Crippen molar-refractivity contribution >= 4 is 41.2 Å². The molecule has 0 bridgehead atoms. The van der Waals surface area contributed by atoms with E-state index in [-0.39, 0.29) is 95.2 Å². The number of carboxylic acids is 1. The molecule has 0 spiro atoms. The van der Waals surface area contributed by atoms with Gasteiger partial charge in [-0.15, -0.1) is 26.3 Å². The molecule has 0 aromatic heterocycles. The SMILES string of the molecule is Cc1cc2c(cc1-c1cc(C3C[C@@H]3C(=O)N3C(=O)OC[C@@H]3Cc3ccccc3)ccc1OC(F)(F)F)N(C(C)C)C(=O)CC2(C)C.Cc1cc2c(cc1-c1cc(C3C[C@@H]3C(=O)O)ccc1OC(F)(F)F)N(C(C)C)C(=O)CC2(C)C.[Li+].[OH-]. The molecule has 20 heteroatoms. The van der Waals surface area contributed by atoms with Gasteiger partial charge in [0.05, 0.1) is 12.0 Å². The Bertz CT molecular complexity index is 3310. The zero-order valence-electron chi connectivity index (χ0n) is 47.7. The van der Waals surface area contributed by atoms with E-state index in [0.717, 1.165) is 27.8 Å². The Kier molecular flexibility index (Phi) is 17.7. The first-order chi connectivity index (χ1) is 37.3. The zero-order valence-corrected chi connectivity index (χ0v) is 47.7. The third kappa shape index (κ3) is 12.9. The van der Waals surface area contributed by atoms with Crippen LogP contribution < -0.4 is 38.1 Å². The van der Waals surface area contributed by atoms with Crippen molar-refractivity contribution in [2.45, 2.75) is 155 Å². The number of benzene rings is 5. The second-order valence-corrected chi connectivity index (χ2v) is 23.7. The number of imide groups is 1. The molecule has 82 heavy (non-hydrogen) atoms. The van der Waals surface area contributed by atoms with E-state index in [1.54, 1.807) is 40.1 Å². The van der Waals surface area contributed by atoms with Crippen LogP contribution in [0.2, 0.25) is 0 Å². The standard InChI is InChI=1S/C36H37F3N2O5.C26H28F3NO4.Li.H2O/c1-20(2)40-30-17-25(21(3)13-29(30)35(4,5)18-32(40)42)27-15-23(11-12-31(27)46-36(37,38)39)26-16-28(26)33(43)41-24(19-45-34(41)44)14-22-9-7-6-8-10-22;1-13(2)30-21-11-16(14(3)8-20(21)25(4,5)12-23(30)31)18-9-15(17-10-19(17)24(32)33)6-7-22(18)34-26(27,28)29;;/h6-13,15,17,20,24,26,28H,14,16,18-19H2,1-5H3;6-9,11,13,17,19H,10,12H2,1-5H3,(H,32,33);;1H2/q;;+1;/p-1/t24-,26?,28-;17?,19-;;/m00../s1. The Labute approximate surface area is 484 Å². The molecule has 2 aliphatic carbocycles. The maximum atomic E-state index is 13.6. The van der Waals surface area contributed by atoms with E-state index in [1.165, 1.54) is 23.1 Å². The topological polar surface area (TPSA) is 173 Å². The minimum atomic E-state index is -4.93. The van der Waals surface area contributed by atoms with Gasteiger partial charge < -0.3 is 34.6 Å². The summed E-state index contributed by atoms with van der Waals surface area (Å²) in [5, 5.41) is 9.30. The van der Waals surface area contributed by atoms with Crippen molar-refractivity contribution < 1.29 is 94.0 Å². The molecule has 5 aliphatic rings. The van der Waals surface area contributed by atoms with Crippen LogP contribution in [-0.2, 0) is 41.2 Å². The first-order valence-electron chi connectivity index (χ1n) is 26.8. The second-order valence-electron chi connectivity index (χ2n) is 23.7. The maximum absolute atomic E-state index is 13.6. The van der Waals surface area contributed by atoms with Crippen LogP contribution in [-0.4, -0.2) is 82.7 Å². The number of rotatable bonds is 12. The molecule has 3 aliphatic heterocycles. The molecule has 3 fully saturated rings. The second kappa shape index (κ2) is 23.1. The number of nitrogens with zero attached hydrogens (tertiary/aromatic N) is 3. The van der Waals surface area contributed by atoms with Gasteiger partial charge in [0.25, 0.3) is 0 Å². The predicted octanol–water partition coefficient (Wildman–Crippen LogP) is 10.7. The van der Waals surface area contributed by atoms with Gasteiger partial charge in [-0.3, -0.25) is 19.2 Å². The molecule has 3 heterocycles. The molecule has 2 N–H and O–H groups in total. The van der Waals surface area contributed by atoms with Crippen molar-refractivity contribution in [1.82, 2.24) is 4.90 Å². The van der Waals surface area contributed by atoms with Crippen LogP contribution in [0.4, 0.5) is 42.5 Å². The van der Waals surface area contributed by atoms with Gasteiger partial charge in [-0.1, -0.05) is 82.3 Å². The van der Waals surface area contributed by atoms with Gasteiger partial charge in [-0.25, -0.2) is 9.69 Å². The molecule has 5 atom stereocenters. The van der Waals surface area contributed by atoms with Crippen LogP contribution in [0.1, 0.15) is 132 Å². The van der Waals surface area contributed by atoms with Gasteiger partial charge in [0.1, 0.15) is 18.1 Å². The van der Waals surface area contributed by atoms with Gasteiger partial charge in [0.2, 0.25) is 17.7 Å². The van der Waals surface area contributed by atoms with Crippen molar-refractivity contribution in [2.24, 2.45) is 11.8 Å². The van der Waals surface area contributed by atoms with Gasteiger partial charge >= 0.3 is 43.6 Å². The van der Waals surface area contributed by atoms with Crippen LogP contribution in [0.15, 0.2) is 91.0 Å². The minimum Gasteiger partial charge on any atom is -0.870 e. The molecular formula is C62H66F6LiN3O10. The summed E-state index contributed by atoms with van der Waals surface area (Å²) in [4.78, 5) is 68.4. The first kappa shape index (κ1) is 62.8. The molecule has 1 saturated heterocycles. The summed E-state index contributed by atoms with van der Waals surface area (Å²) in [6.45, 7) is 19.3. The number of hydrogen-bond donors (Lipinski definition) is 1. The van der Waals surface area contributed by atoms with Crippen LogP contribution in [0, 0.1) is 25.7 Å². The van der Waals surface area contributed by atoms with Crippen molar-refractivity contribution in [3.63, 3.8) is 0 Å². The van der Waals surface area contributed by atoms with Crippen molar-refractivity contribution in [3.05, 3.63) is 130 Å². The number of amides is 4. The Balaban J connectivity index is 0.000000241. The number of halogens is 6. The predicted molar refractivity (Wildman–Crippen MR) is 291 cm³/mol. The molecule has 4 amide bonds. The summed E-state index contributed by atoms with van der Waals surface area (Å²) in [5.74, 6) is -3.66. The smallest absolute Gasteiger partial charge is 0.870 e. The number of carbonyl (C=O) groups excluding carboxylic acids is 4. The minimum absolute atomic E-state index is 0. The van der Waals surface area contributed by atoms with Gasteiger partial charge in [-0.05, 0) is 159 Å². The van der Waals surface area contributed by atoms with E-state index < -0.39 is 53.5 Å². The summed E-state index contributed by atoms with van der Waals surface area (Å²) < 4.78 is 94.6. The monoisotopic (exact) mass is 1130 g/mol. The Morgan fingerprint density at radius 3 is 1.48 bits per heavy atom. The number of fused-ring (bicyclic) bond motifs is 2. The average Bonchev–Trinajstić information content (AvgIpc) is 4.40. The number of hydrogen-bond acceptors (Lipinski definition) is 9. The third-order valence-electron chi connectivity index (χ3n) is 16.0. The number of alkyl halides is 6. The van der Waals surface area contributed by atoms with Gasteiger partial charge in [0.15, 0.2) is 0 Å². The summed E-state index contributed by atoms with van der Waals surface area (Å²) >= 11 is 0. The zero-order chi connectivity index (χ0) is 58.3. The quantitative estimate of drug-likeness (QED) is 0.0936. The van der Waals surface area contributed by atoms with E-state index >= 15 is 0 Å². The van der Waals surface area contributed by atoms with Crippen LogP contribution in [0.3, 0.4) is 0 Å². The molecular weight excluding hydrogens is 1070 g/mol. The number of carboxylic acid groups (broad SMARTS) is 1. The normalized spacial score (nSPS) is 21.3. The first-order valence-corrected chi connectivity index (χ1v) is 26.8. The summed E-state index contributed by atoms with van der Waals surface area (Å²) in [5.41, 5.74) is 7.64. The number of anilines is 2. The fourth-order valence-corrected chi connectivity index (χ4v) is 12.0.